The second kappa shape index (κ2) is 3.17. The number of fused-ring (bicyclic) bond motifs is 2. The van der Waals surface area contributed by atoms with E-state index in [0.29, 0.717) is 11.5 Å². The molecule has 0 aromatic carbocycles. The summed E-state index contributed by atoms with van der Waals surface area (Å²) in [5, 5.41) is 0. The first-order valence-corrected chi connectivity index (χ1v) is 5.03. The van der Waals surface area contributed by atoms with Gasteiger partial charge in [0.25, 0.3) is 0 Å². The van der Waals surface area contributed by atoms with Crippen molar-refractivity contribution >= 4 is 5.97 Å². The summed E-state index contributed by atoms with van der Waals surface area (Å²) in [6, 6.07) is 0. The van der Waals surface area contributed by atoms with Gasteiger partial charge >= 0.3 is 5.97 Å². The van der Waals surface area contributed by atoms with Gasteiger partial charge in [0.05, 0.1) is 0 Å². The Kier molecular flexibility index (Phi) is 2.14. The zero-order chi connectivity index (χ0) is 9.42. The molecule has 2 nitrogen and oxygen atoms in total. The summed E-state index contributed by atoms with van der Waals surface area (Å²) in [5.74, 6) is 1.26. The summed E-state index contributed by atoms with van der Waals surface area (Å²) in [6.45, 7) is 5.29. The van der Waals surface area contributed by atoms with Crippen LogP contribution >= 0.6 is 0 Å². The van der Waals surface area contributed by atoms with Crippen molar-refractivity contribution in [3.05, 3.63) is 12.2 Å². The van der Waals surface area contributed by atoms with Crippen LogP contribution in [0.25, 0.3) is 0 Å². The highest BCUT2D eigenvalue weighted by Gasteiger charge is 2.41. The molecule has 0 radical (unpaired) electrons. The summed E-state index contributed by atoms with van der Waals surface area (Å²) in [7, 11) is 0. The molecule has 2 heteroatoms. The number of esters is 1. The fourth-order valence-electron chi connectivity index (χ4n) is 2.57. The van der Waals surface area contributed by atoms with E-state index in [4.69, 9.17) is 4.74 Å². The smallest absolute Gasteiger partial charge is 0.333 e. The number of ether oxygens (including phenoxy) is 1. The van der Waals surface area contributed by atoms with Gasteiger partial charge in [0, 0.05) is 5.57 Å². The minimum absolute atomic E-state index is 0.197. The molecule has 2 fully saturated rings. The Hall–Kier alpha value is -0.790. The Morgan fingerprint density at radius 2 is 2.15 bits per heavy atom. The van der Waals surface area contributed by atoms with E-state index >= 15 is 0 Å². The third kappa shape index (κ3) is 1.62. The average Bonchev–Trinajstić information content (AvgIpc) is 2.64. The number of rotatable bonds is 2. The Labute approximate surface area is 79.0 Å². The molecule has 0 heterocycles. The molecule has 0 unspecified atom stereocenters. The molecule has 0 N–H and O–H groups in total. The average molecular weight is 180 g/mol. The van der Waals surface area contributed by atoms with Crippen LogP contribution in [0.4, 0.5) is 0 Å². The predicted molar refractivity (Wildman–Crippen MR) is 50.1 cm³/mol. The van der Waals surface area contributed by atoms with Crippen molar-refractivity contribution in [3.8, 4) is 0 Å². The van der Waals surface area contributed by atoms with Crippen molar-refractivity contribution in [1.29, 1.82) is 0 Å². The highest BCUT2D eigenvalue weighted by atomic mass is 16.5. The molecule has 0 amide bonds. The van der Waals surface area contributed by atoms with E-state index in [9.17, 15) is 4.79 Å². The number of hydrogen-bond donors (Lipinski definition) is 0. The van der Waals surface area contributed by atoms with Gasteiger partial charge in [-0.15, -0.1) is 0 Å². The van der Waals surface area contributed by atoms with Crippen molar-refractivity contribution in [2.75, 3.05) is 0 Å². The maximum atomic E-state index is 11.3. The maximum absolute atomic E-state index is 11.3. The molecule has 0 saturated heterocycles. The molecule has 2 saturated carbocycles. The first-order chi connectivity index (χ1) is 6.16. The number of carbonyl (C=O) groups is 1. The molecule has 0 spiro atoms. The zero-order valence-electron chi connectivity index (χ0n) is 8.08. The van der Waals surface area contributed by atoms with Gasteiger partial charge in [0.15, 0.2) is 0 Å². The molecular weight excluding hydrogens is 164 g/mol. The van der Waals surface area contributed by atoms with E-state index in [1.54, 1.807) is 6.92 Å². The molecule has 0 aliphatic heterocycles. The number of hydrogen-bond acceptors (Lipinski definition) is 2. The molecule has 2 rings (SSSR count). The third-order valence-electron chi connectivity index (χ3n) is 3.28. The summed E-state index contributed by atoms with van der Waals surface area (Å²) in [6.07, 6.45) is 5.14. The Morgan fingerprint density at radius 3 is 2.62 bits per heavy atom. The van der Waals surface area contributed by atoms with Crippen LogP contribution in [0, 0.1) is 11.8 Å². The second-order valence-electron chi connectivity index (χ2n) is 4.40. The Balaban J connectivity index is 1.90. The normalized spacial score (nSPS) is 36.2. The van der Waals surface area contributed by atoms with Gasteiger partial charge in [-0.25, -0.2) is 4.79 Å². The van der Waals surface area contributed by atoms with Crippen LogP contribution in [0.3, 0.4) is 0 Å². The van der Waals surface area contributed by atoms with Gasteiger partial charge < -0.3 is 4.74 Å². The van der Waals surface area contributed by atoms with Crippen LogP contribution in [0.2, 0.25) is 0 Å². The van der Waals surface area contributed by atoms with Crippen LogP contribution in [0.1, 0.15) is 32.6 Å². The molecule has 72 valence electrons. The molecule has 3 atom stereocenters. The SMILES string of the molecule is C=C(C)C(=O)O[C@@H]1C[C@H]2CC[C@H]1C2. The van der Waals surface area contributed by atoms with Crippen molar-refractivity contribution in [2.24, 2.45) is 11.8 Å². The van der Waals surface area contributed by atoms with E-state index < -0.39 is 0 Å². The Morgan fingerprint density at radius 1 is 1.38 bits per heavy atom. The van der Waals surface area contributed by atoms with Gasteiger partial charge in [-0.1, -0.05) is 6.58 Å². The lowest BCUT2D eigenvalue weighted by atomic mass is 9.98. The molecule has 2 aliphatic carbocycles. The van der Waals surface area contributed by atoms with Crippen molar-refractivity contribution in [3.63, 3.8) is 0 Å². The summed E-state index contributed by atoms with van der Waals surface area (Å²) in [4.78, 5) is 11.3. The van der Waals surface area contributed by atoms with Crippen molar-refractivity contribution in [2.45, 2.75) is 38.7 Å². The Bertz CT molecular complexity index is 244. The van der Waals surface area contributed by atoms with E-state index in [0.717, 1.165) is 12.3 Å². The quantitative estimate of drug-likeness (QED) is 0.481. The summed E-state index contributed by atoms with van der Waals surface area (Å²) >= 11 is 0. The van der Waals surface area contributed by atoms with Crippen LogP contribution in [0.5, 0.6) is 0 Å². The van der Waals surface area contributed by atoms with E-state index in [1.807, 2.05) is 0 Å². The molecule has 2 aliphatic rings. The fourth-order valence-corrected chi connectivity index (χ4v) is 2.57. The fraction of sp³-hybridized carbons (Fsp3) is 0.727. The summed E-state index contributed by atoms with van der Waals surface area (Å²) < 4.78 is 5.37. The van der Waals surface area contributed by atoms with E-state index in [1.165, 1.54) is 19.3 Å². The molecule has 0 aromatic heterocycles. The zero-order valence-corrected chi connectivity index (χ0v) is 8.08. The first kappa shape index (κ1) is 8.79. The second-order valence-corrected chi connectivity index (χ2v) is 4.40. The highest BCUT2D eigenvalue weighted by Crippen LogP contribution is 2.45. The molecule has 0 aromatic rings. The first-order valence-electron chi connectivity index (χ1n) is 5.03. The van der Waals surface area contributed by atoms with Gasteiger partial charge in [0.2, 0.25) is 0 Å². The lowest BCUT2D eigenvalue weighted by Crippen LogP contribution is -2.24. The van der Waals surface area contributed by atoms with Crippen LogP contribution in [-0.4, -0.2) is 12.1 Å². The highest BCUT2D eigenvalue weighted by molar-refractivity contribution is 5.87. The third-order valence-corrected chi connectivity index (χ3v) is 3.28. The predicted octanol–water partition coefficient (Wildman–Crippen LogP) is 2.29. The van der Waals surface area contributed by atoms with Crippen molar-refractivity contribution < 1.29 is 9.53 Å². The summed E-state index contributed by atoms with van der Waals surface area (Å²) in [5.41, 5.74) is 0.516. The van der Waals surface area contributed by atoms with Gasteiger partial charge in [-0.05, 0) is 44.4 Å². The number of carbonyl (C=O) groups excluding carboxylic acids is 1. The van der Waals surface area contributed by atoms with Gasteiger partial charge in [-0.3, -0.25) is 0 Å². The van der Waals surface area contributed by atoms with E-state index in [-0.39, 0.29) is 12.1 Å². The topological polar surface area (TPSA) is 26.3 Å². The molecule has 2 bridgehead atoms. The van der Waals surface area contributed by atoms with Crippen LogP contribution in [0.15, 0.2) is 12.2 Å². The van der Waals surface area contributed by atoms with Crippen LogP contribution < -0.4 is 0 Å². The minimum atomic E-state index is -0.211. The van der Waals surface area contributed by atoms with Gasteiger partial charge in [0.1, 0.15) is 6.10 Å². The lowest BCUT2D eigenvalue weighted by molar-refractivity contribution is -0.146. The van der Waals surface area contributed by atoms with Crippen LogP contribution in [-0.2, 0) is 9.53 Å². The molecule has 13 heavy (non-hydrogen) atoms. The van der Waals surface area contributed by atoms with E-state index in [2.05, 4.69) is 6.58 Å². The lowest BCUT2D eigenvalue weighted by Gasteiger charge is -2.21. The van der Waals surface area contributed by atoms with Gasteiger partial charge in [-0.2, -0.15) is 0 Å². The largest absolute Gasteiger partial charge is 0.459 e. The van der Waals surface area contributed by atoms with Crippen molar-refractivity contribution in [1.82, 2.24) is 0 Å². The monoisotopic (exact) mass is 180 g/mol. The molecular formula is C11H16O2. The minimum Gasteiger partial charge on any atom is -0.459 e. The maximum Gasteiger partial charge on any atom is 0.333 e. The standard InChI is InChI=1S/C11H16O2/c1-7(2)11(12)13-10-6-8-3-4-9(10)5-8/h8-10H,1,3-6H2,2H3/t8-,9-,10+/m0/s1.